The van der Waals surface area contributed by atoms with Crippen LogP contribution in [0.2, 0.25) is 0 Å². The molecule has 0 aliphatic heterocycles. The van der Waals surface area contributed by atoms with E-state index in [2.05, 4.69) is 27.7 Å². The van der Waals surface area contributed by atoms with Gasteiger partial charge in [0.2, 0.25) is 0 Å². The number of thiazole rings is 2. The summed E-state index contributed by atoms with van der Waals surface area (Å²) < 4.78 is 0. The maximum Gasteiger partial charge on any atom is 0.142 e. The van der Waals surface area contributed by atoms with E-state index in [1.807, 2.05) is 6.92 Å². The first-order valence-corrected chi connectivity index (χ1v) is 5.92. The fraction of sp³-hybridized carbons (Fsp3) is 0.333. The molecule has 2 nitrogen and oxygen atoms in total. The average molecular weight is 210 g/mol. The third-order valence-electron chi connectivity index (χ3n) is 1.75. The Balaban J connectivity index is 2.35. The summed E-state index contributed by atoms with van der Waals surface area (Å²) in [5.41, 5.74) is 2.18. The van der Waals surface area contributed by atoms with Crippen LogP contribution in [0, 0.1) is 6.92 Å². The molecule has 0 aliphatic rings. The molecule has 13 heavy (non-hydrogen) atoms. The highest BCUT2D eigenvalue weighted by molar-refractivity contribution is 7.14. The predicted molar refractivity (Wildman–Crippen MR) is 57.3 cm³/mol. The molecule has 0 spiro atoms. The molecule has 0 saturated carbocycles. The van der Waals surface area contributed by atoms with Gasteiger partial charge in [0.25, 0.3) is 0 Å². The summed E-state index contributed by atoms with van der Waals surface area (Å²) in [6.45, 7) is 4.13. The Morgan fingerprint density at radius 3 is 2.62 bits per heavy atom. The van der Waals surface area contributed by atoms with Gasteiger partial charge in [-0.2, -0.15) is 0 Å². The Kier molecular flexibility index (Phi) is 2.42. The lowest BCUT2D eigenvalue weighted by Gasteiger charge is -1.86. The second kappa shape index (κ2) is 3.55. The monoisotopic (exact) mass is 210 g/mol. The number of nitrogens with zero attached hydrogens (tertiary/aromatic N) is 2. The lowest BCUT2D eigenvalue weighted by Crippen LogP contribution is -1.80. The van der Waals surface area contributed by atoms with Gasteiger partial charge in [-0.15, -0.1) is 22.7 Å². The van der Waals surface area contributed by atoms with E-state index in [1.54, 1.807) is 22.7 Å². The molecule has 0 N–H and O–H groups in total. The molecular formula is C9H10N2S2. The molecule has 0 aliphatic carbocycles. The van der Waals surface area contributed by atoms with Crippen molar-refractivity contribution in [3.8, 4) is 10.7 Å². The minimum atomic E-state index is 1.000. The SMILES string of the molecule is CCc1csc(-c2csc(C)n2)n1. The smallest absolute Gasteiger partial charge is 0.142 e. The van der Waals surface area contributed by atoms with E-state index in [9.17, 15) is 0 Å². The zero-order valence-corrected chi connectivity index (χ0v) is 9.21. The second-order valence-corrected chi connectivity index (χ2v) is 4.67. The highest BCUT2D eigenvalue weighted by atomic mass is 32.1. The van der Waals surface area contributed by atoms with Crippen molar-refractivity contribution < 1.29 is 0 Å². The number of aryl methyl sites for hydroxylation is 2. The summed E-state index contributed by atoms with van der Waals surface area (Å²) >= 11 is 3.35. The van der Waals surface area contributed by atoms with Crippen molar-refractivity contribution in [1.29, 1.82) is 0 Å². The van der Waals surface area contributed by atoms with Crippen molar-refractivity contribution in [2.24, 2.45) is 0 Å². The Hall–Kier alpha value is -0.740. The Morgan fingerprint density at radius 2 is 2.08 bits per heavy atom. The molecule has 0 unspecified atom stereocenters. The molecule has 2 heterocycles. The molecule has 0 saturated heterocycles. The fourth-order valence-corrected chi connectivity index (χ4v) is 2.58. The van der Waals surface area contributed by atoms with Gasteiger partial charge in [-0.05, 0) is 13.3 Å². The van der Waals surface area contributed by atoms with Crippen LogP contribution in [0.4, 0.5) is 0 Å². The molecule has 68 valence electrons. The summed E-state index contributed by atoms with van der Waals surface area (Å²) in [5, 5.41) is 6.31. The van der Waals surface area contributed by atoms with Crippen molar-refractivity contribution in [3.05, 3.63) is 21.5 Å². The molecule has 0 aromatic carbocycles. The van der Waals surface area contributed by atoms with Gasteiger partial charge in [-0.1, -0.05) is 6.92 Å². The highest BCUT2D eigenvalue weighted by Crippen LogP contribution is 2.24. The Labute approximate surface area is 85.3 Å². The van der Waals surface area contributed by atoms with E-state index >= 15 is 0 Å². The van der Waals surface area contributed by atoms with Crippen LogP contribution < -0.4 is 0 Å². The molecule has 2 aromatic rings. The molecule has 4 heteroatoms. The molecule has 0 bridgehead atoms. The second-order valence-electron chi connectivity index (χ2n) is 2.75. The van der Waals surface area contributed by atoms with Crippen molar-refractivity contribution in [1.82, 2.24) is 9.97 Å². The summed E-state index contributed by atoms with van der Waals surface area (Å²) in [5.74, 6) is 0. The van der Waals surface area contributed by atoms with Gasteiger partial charge in [0.1, 0.15) is 10.7 Å². The van der Waals surface area contributed by atoms with Gasteiger partial charge in [-0.3, -0.25) is 0 Å². The Morgan fingerprint density at radius 1 is 1.23 bits per heavy atom. The van der Waals surface area contributed by atoms with E-state index in [0.717, 1.165) is 27.8 Å². The van der Waals surface area contributed by atoms with Gasteiger partial charge < -0.3 is 0 Å². The fourth-order valence-electron chi connectivity index (χ4n) is 1.05. The van der Waals surface area contributed by atoms with E-state index in [0.29, 0.717) is 0 Å². The van der Waals surface area contributed by atoms with Crippen LogP contribution in [0.3, 0.4) is 0 Å². The molecule has 0 radical (unpaired) electrons. The normalized spacial score (nSPS) is 10.6. The minimum absolute atomic E-state index is 1.000. The number of rotatable bonds is 2. The van der Waals surface area contributed by atoms with E-state index in [1.165, 1.54) is 0 Å². The van der Waals surface area contributed by atoms with Gasteiger partial charge >= 0.3 is 0 Å². The minimum Gasteiger partial charge on any atom is -0.239 e. The lowest BCUT2D eigenvalue weighted by atomic mass is 10.4. The third kappa shape index (κ3) is 1.78. The van der Waals surface area contributed by atoms with Crippen LogP contribution in [0.25, 0.3) is 10.7 Å². The largest absolute Gasteiger partial charge is 0.239 e. The summed E-state index contributed by atoms with van der Waals surface area (Å²) in [6, 6.07) is 0. The average Bonchev–Trinajstić information content (AvgIpc) is 2.71. The highest BCUT2D eigenvalue weighted by Gasteiger charge is 2.06. The summed E-state index contributed by atoms with van der Waals surface area (Å²) in [4.78, 5) is 8.87. The van der Waals surface area contributed by atoms with E-state index in [4.69, 9.17) is 0 Å². The number of hydrogen-bond donors (Lipinski definition) is 0. The van der Waals surface area contributed by atoms with Crippen LogP contribution in [0.15, 0.2) is 10.8 Å². The molecular weight excluding hydrogens is 200 g/mol. The van der Waals surface area contributed by atoms with Crippen LogP contribution in [0.5, 0.6) is 0 Å². The summed E-state index contributed by atoms with van der Waals surface area (Å²) in [7, 11) is 0. The summed E-state index contributed by atoms with van der Waals surface area (Å²) in [6.07, 6.45) is 1.000. The van der Waals surface area contributed by atoms with Crippen molar-refractivity contribution in [2.75, 3.05) is 0 Å². The first-order valence-electron chi connectivity index (χ1n) is 4.16. The van der Waals surface area contributed by atoms with Gasteiger partial charge in [0.05, 0.1) is 10.7 Å². The third-order valence-corrected chi connectivity index (χ3v) is 3.44. The first kappa shape index (κ1) is 8.84. The topological polar surface area (TPSA) is 25.8 Å². The molecule has 2 aromatic heterocycles. The van der Waals surface area contributed by atoms with Crippen molar-refractivity contribution in [3.63, 3.8) is 0 Å². The van der Waals surface area contributed by atoms with E-state index < -0.39 is 0 Å². The first-order chi connectivity index (χ1) is 6.29. The maximum atomic E-state index is 4.47. The molecule has 0 amide bonds. The quantitative estimate of drug-likeness (QED) is 0.761. The number of aromatic nitrogens is 2. The van der Waals surface area contributed by atoms with Crippen LogP contribution in [-0.2, 0) is 6.42 Å². The molecule has 2 rings (SSSR count). The van der Waals surface area contributed by atoms with Crippen LogP contribution >= 0.6 is 22.7 Å². The predicted octanol–water partition coefficient (Wildman–Crippen LogP) is 3.14. The maximum absolute atomic E-state index is 4.47. The standard InChI is InChI=1S/C9H10N2S2/c1-3-7-4-13-9(11-7)8-5-12-6(2)10-8/h4-5H,3H2,1-2H3. The van der Waals surface area contributed by atoms with Crippen LogP contribution in [-0.4, -0.2) is 9.97 Å². The Bertz CT molecular complexity index is 403. The van der Waals surface area contributed by atoms with Gasteiger partial charge in [-0.25, -0.2) is 9.97 Å². The van der Waals surface area contributed by atoms with Gasteiger partial charge in [0, 0.05) is 10.8 Å². The number of hydrogen-bond acceptors (Lipinski definition) is 4. The van der Waals surface area contributed by atoms with E-state index in [-0.39, 0.29) is 0 Å². The molecule has 0 fully saturated rings. The molecule has 0 atom stereocenters. The zero-order chi connectivity index (χ0) is 9.26. The van der Waals surface area contributed by atoms with Crippen molar-refractivity contribution in [2.45, 2.75) is 20.3 Å². The van der Waals surface area contributed by atoms with Gasteiger partial charge in [0.15, 0.2) is 0 Å². The zero-order valence-electron chi connectivity index (χ0n) is 7.57. The lowest BCUT2D eigenvalue weighted by molar-refractivity contribution is 1.06. The van der Waals surface area contributed by atoms with Crippen molar-refractivity contribution >= 4 is 22.7 Å². The van der Waals surface area contributed by atoms with Crippen LogP contribution in [0.1, 0.15) is 17.6 Å².